The molecule has 1 aliphatic rings. The molecule has 0 saturated carbocycles. The molecule has 2 N–H and O–H groups in total. The van der Waals surface area contributed by atoms with Crippen LogP contribution in [0.2, 0.25) is 0 Å². The third kappa shape index (κ3) is 2.35. The van der Waals surface area contributed by atoms with Gasteiger partial charge in [-0.3, -0.25) is 0 Å². The maximum atomic E-state index is 10.2. The van der Waals surface area contributed by atoms with Gasteiger partial charge in [0.05, 0.1) is 26.4 Å². The fraction of sp³-hybridized carbons (Fsp3) is 0.500. The van der Waals surface area contributed by atoms with Gasteiger partial charge in [-0.2, -0.15) is 0 Å². The Hall–Kier alpha value is -1.10. The minimum absolute atomic E-state index is 0.0648. The summed E-state index contributed by atoms with van der Waals surface area (Å²) in [6, 6.07) is 7.44. The van der Waals surface area contributed by atoms with Gasteiger partial charge in [-0.15, -0.1) is 0 Å². The summed E-state index contributed by atoms with van der Waals surface area (Å²) in [5, 5.41) is 13.5. The first-order valence-electron chi connectivity index (χ1n) is 5.45. The first-order chi connectivity index (χ1) is 7.83. The Morgan fingerprint density at radius 1 is 1.50 bits per heavy atom. The number of rotatable bonds is 3. The zero-order chi connectivity index (χ0) is 11.4. The molecule has 0 aliphatic carbocycles. The molecule has 2 unspecified atom stereocenters. The summed E-state index contributed by atoms with van der Waals surface area (Å²) in [6.45, 7) is 2.01. The fourth-order valence-corrected chi connectivity index (χ4v) is 1.92. The first kappa shape index (κ1) is 11.4. The Morgan fingerprint density at radius 2 is 2.31 bits per heavy atom. The van der Waals surface area contributed by atoms with Gasteiger partial charge >= 0.3 is 0 Å². The summed E-state index contributed by atoms with van der Waals surface area (Å²) < 4.78 is 10.6. The molecule has 0 spiro atoms. The number of nitrogens with one attached hydrogen (secondary N) is 1. The predicted molar refractivity (Wildman–Crippen MR) is 60.6 cm³/mol. The molecule has 1 aromatic carbocycles. The lowest BCUT2D eigenvalue weighted by molar-refractivity contribution is 0.0169. The Balaban J connectivity index is 2.15. The third-order valence-electron chi connectivity index (χ3n) is 2.79. The van der Waals surface area contributed by atoms with Crippen LogP contribution in [0.1, 0.15) is 11.7 Å². The summed E-state index contributed by atoms with van der Waals surface area (Å²) in [4.78, 5) is 0. The number of morpholine rings is 1. The van der Waals surface area contributed by atoms with E-state index in [1.165, 1.54) is 0 Å². The third-order valence-corrected chi connectivity index (χ3v) is 2.79. The smallest absolute Gasteiger partial charge is 0.124 e. The highest BCUT2D eigenvalue weighted by molar-refractivity contribution is 5.35. The first-order valence-corrected chi connectivity index (χ1v) is 5.45. The van der Waals surface area contributed by atoms with E-state index in [-0.39, 0.29) is 6.04 Å². The molecule has 1 saturated heterocycles. The molecule has 1 fully saturated rings. The standard InChI is InChI=1S/C12H17NO3/c1-15-11-5-3-2-4-9(11)12(14)10-8-16-7-6-13-10/h2-5,10,12-14H,6-8H2,1H3. The Kier molecular flexibility index (Phi) is 3.77. The van der Waals surface area contributed by atoms with Crippen molar-refractivity contribution >= 4 is 0 Å². The number of hydrogen-bond acceptors (Lipinski definition) is 4. The van der Waals surface area contributed by atoms with E-state index < -0.39 is 6.10 Å². The van der Waals surface area contributed by atoms with Gasteiger partial charge in [0.1, 0.15) is 11.9 Å². The SMILES string of the molecule is COc1ccccc1C(O)C1COCCN1. The second-order valence-corrected chi connectivity index (χ2v) is 3.82. The summed E-state index contributed by atoms with van der Waals surface area (Å²) >= 11 is 0. The Labute approximate surface area is 95.2 Å². The number of para-hydroxylation sites is 1. The number of aliphatic hydroxyl groups excluding tert-OH is 1. The van der Waals surface area contributed by atoms with Crippen molar-refractivity contribution in [1.29, 1.82) is 0 Å². The van der Waals surface area contributed by atoms with Crippen molar-refractivity contribution in [2.75, 3.05) is 26.9 Å². The summed E-state index contributed by atoms with van der Waals surface area (Å²) in [5.74, 6) is 0.711. The van der Waals surface area contributed by atoms with E-state index in [1.807, 2.05) is 24.3 Å². The lowest BCUT2D eigenvalue weighted by Gasteiger charge is -2.28. The van der Waals surface area contributed by atoms with Gasteiger partial charge in [0.25, 0.3) is 0 Å². The molecule has 4 nitrogen and oxygen atoms in total. The minimum atomic E-state index is -0.601. The summed E-state index contributed by atoms with van der Waals surface area (Å²) in [6.07, 6.45) is -0.601. The van der Waals surface area contributed by atoms with Gasteiger partial charge in [0.2, 0.25) is 0 Å². The van der Waals surface area contributed by atoms with Crippen LogP contribution in [0.15, 0.2) is 24.3 Å². The van der Waals surface area contributed by atoms with Crippen LogP contribution < -0.4 is 10.1 Å². The van der Waals surface area contributed by atoms with E-state index >= 15 is 0 Å². The summed E-state index contributed by atoms with van der Waals surface area (Å²) in [5.41, 5.74) is 0.799. The van der Waals surface area contributed by atoms with Gasteiger partial charge in [0, 0.05) is 12.1 Å². The molecular weight excluding hydrogens is 206 g/mol. The normalized spacial score (nSPS) is 22.8. The monoisotopic (exact) mass is 223 g/mol. The lowest BCUT2D eigenvalue weighted by Crippen LogP contribution is -2.45. The maximum absolute atomic E-state index is 10.2. The minimum Gasteiger partial charge on any atom is -0.496 e. The topological polar surface area (TPSA) is 50.7 Å². The Bertz CT molecular complexity index is 337. The maximum Gasteiger partial charge on any atom is 0.124 e. The van der Waals surface area contributed by atoms with Crippen LogP contribution in [0.4, 0.5) is 0 Å². The molecule has 0 amide bonds. The van der Waals surface area contributed by atoms with Crippen LogP contribution in [-0.4, -0.2) is 38.0 Å². The van der Waals surface area contributed by atoms with Crippen LogP contribution in [-0.2, 0) is 4.74 Å². The molecule has 0 radical (unpaired) electrons. The highest BCUT2D eigenvalue weighted by Gasteiger charge is 2.25. The molecule has 0 bridgehead atoms. The van der Waals surface area contributed by atoms with E-state index in [1.54, 1.807) is 7.11 Å². The van der Waals surface area contributed by atoms with Crippen molar-refractivity contribution in [2.24, 2.45) is 0 Å². The van der Waals surface area contributed by atoms with Crippen molar-refractivity contribution in [1.82, 2.24) is 5.32 Å². The second kappa shape index (κ2) is 5.30. The number of ether oxygens (including phenoxy) is 2. The summed E-state index contributed by atoms with van der Waals surface area (Å²) in [7, 11) is 1.61. The molecule has 1 aliphatic heterocycles. The van der Waals surface area contributed by atoms with Crippen LogP contribution in [0.5, 0.6) is 5.75 Å². The molecular formula is C12H17NO3. The molecule has 88 valence electrons. The van der Waals surface area contributed by atoms with E-state index in [0.29, 0.717) is 19.0 Å². The van der Waals surface area contributed by atoms with Crippen LogP contribution in [0, 0.1) is 0 Å². The zero-order valence-electron chi connectivity index (χ0n) is 9.35. The van der Waals surface area contributed by atoms with E-state index in [2.05, 4.69) is 5.32 Å². The quantitative estimate of drug-likeness (QED) is 0.792. The number of hydrogen-bond donors (Lipinski definition) is 2. The van der Waals surface area contributed by atoms with Gasteiger partial charge in [0.15, 0.2) is 0 Å². The number of benzene rings is 1. The highest BCUT2D eigenvalue weighted by Crippen LogP contribution is 2.27. The number of methoxy groups -OCH3 is 1. The largest absolute Gasteiger partial charge is 0.496 e. The molecule has 1 aromatic rings. The molecule has 1 heterocycles. The highest BCUT2D eigenvalue weighted by atomic mass is 16.5. The average Bonchev–Trinajstić information content (AvgIpc) is 2.39. The number of aliphatic hydroxyl groups is 1. The second-order valence-electron chi connectivity index (χ2n) is 3.82. The van der Waals surface area contributed by atoms with E-state index in [9.17, 15) is 5.11 Å². The molecule has 0 aromatic heterocycles. The zero-order valence-corrected chi connectivity index (χ0v) is 9.35. The lowest BCUT2D eigenvalue weighted by atomic mass is 10.0. The van der Waals surface area contributed by atoms with Gasteiger partial charge in [-0.25, -0.2) is 0 Å². The average molecular weight is 223 g/mol. The molecule has 2 atom stereocenters. The van der Waals surface area contributed by atoms with Crippen LogP contribution in [0.3, 0.4) is 0 Å². The van der Waals surface area contributed by atoms with Crippen molar-refractivity contribution < 1.29 is 14.6 Å². The Morgan fingerprint density at radius 3 is 3.00 bits per heavy atom. The molecule has 4 heteroatoms. The van der Waals surface area contributed by atoms with Gasteiger partial charge in [-0.05, 0) is 6.07 Å². The van der Waals surface area contributed by atoms with E-state index in [0.717, 1.165) is 12.1 Å². The molecule has 2 rings (SSSR count). The van der Waals surface area contributed by atoms with Gasteiger partial charge in [-0.1, -0.05) is 18.2 Å². The van der Waals surface area contributed by atoms with Crippen molar-refractivity contribution in [2.45, 2.75) is 12.1 Å². The van der Waals surface area contributed by atoms with Crippen molar-refractivity contribution in [3.8, 4) is 5.75 Å². The van der Waals surface area contributed by atoms with Gasteiger partial charge < -0.3 is 19.9 Å². The predicted octanol–water partition coefficient (Wildman–Crippen LogP) is 0.717. The fourth-order valence-electron chi connectivity index (χ4n) is 1.92. The van der Waals surface area contributed by atoms with Crippen molar-refractivity contribution in [3.05, 3.63) is 29.8 Å². The van der Waals surface area contributed by atoms with E-state index in [4.69, 9.17) is 9.47 Å². The molecule has 16 heavy (non-hydrogen) atoms. The van der Waals surface area contributed by atoms with Crippen molar-refractivity contribution in [3.63, 3.8) is 0 Å². The van der Waals surface area contributed by atoms with Crippen LogP contribution in [0.25, 0.3) is 0 Å². The van der Waals surface area contributed by atoms with Crippen LogP contribution >= 0.6 is 0 Å².